The Labute approximate surface area is 99.8 Å². The molecule has 1 fully saturated rings. The van der Waals surface area contributed by atoms with Gasteiger partial charge in [-0.1, -0.05) is 6.42 Å². The molecule has 1 aromatic heterocycles. The Hall–Kier alpha value is -0.900. The lowest BCUT2D eigenvalue weighted by molar-refractivity contribution is -0.146. The van der Waals surface area contributed by atoms with Gasteiger partial charge in [-0.25, -0.2) is 4.98 Å². The minimum absolute atomic E-state index is 0.220. The maximum atomic E-state index is 11.6. The summed E-state index contributed by atoms with van der Waals surface area (Å²) in [6, 6.07) is 0. The van der Waals surface area contributed by atoms with Crippen molar-refractivity contribution in [3.63, 3.8) is 0 Å². The molecule has 0 bridgehead atoms. The second kappa shape index (κ2) is 4.17. The molecule has 0 spiro atoms. The monoisotopic (exact) mass is 239 g/mol. The molecule has 1 aliphatic carbocycles. The van der Waals surface area contributed by atoms with Crippen molar-refractivity contribution in [2.24, 2.45) is 0 Å². The van der Waals surface area contributed by atoms with Crippen molar-refractivity contribution in [1.82, 2.24) is 4.98 Å². The molecule has 3 nitrogen and oxygen atoms in total. The van der Waals surface area contributed by atoms with Gasteiger partial charge in [-0.15, -0.1) is 11.3 Å². The summed E-state index contributed by atoms with van der Waals surface area (Å²) in [7, 11) is 1.42. The Bertz CT molecular complexity index is 393. The fourth-order valence-electron chi connectivity index (χ4n) is 1.81. The van der Waals surface area contributed by atoms with Crippen LogP contribution in [0.1, 0.15) is 49.7 Å². The first-order valence-corrected chi connectivity index (χ1v) is 6.48. The van der Waals surface area contributed by atoms with Crippen LogP contribution in [0.25, 0.3) is 0 Å². The van der Waals surface area contributed by atoms with Crippen molar-refractivity contribution in [3.05, 3.63) is 16.1 Å². The first-order chi connectivity index (χ1) is 7.55. The number of nitrogens with zero attached hydrogens (tertiary/aromatic N) is 1. The van der Waals surface area contributed by atoms with E-state index in [0.717, 1.165) is 10.7 Å². The minimum Gasteiger partial charge on any atom is -0.468 e. The maximum Gasteiger partial charge on any atom is 0.318 e. The maximum absolute atomic E-state index is 11.6. The molecule has 0 N–H and O–H groups in total. The van der Waals surface area contributed by atoms with E-state index in [2.05, 4.69) is 10.4 Å². The highest BCUT2D eigenvalue weighted by molar-refractivity contribution is 7.10. The third kappa shape index (κ3) is 1.86. The molecule has 0 atom stereocenters. The van der Waals surface area contributed by atoms with Gasteiger partial charge in [-0.2, -0.15) is 0 Å². The van der Waals surface area contributed by atoms with E-state index < -0.39 is 5.41 Å². The van der Waals surface area contributed by atoms with Crippen LogP contribution in [0, 0.1) is 0 Å². The van der Waals surface area contributed by atoms with Gasteiger partial charge in [0.1, 0.15) is 10.4 Å². The Morgan fingerprint density at radius 2 is 2.25 bits per heavy atom. The predicted octanol–water partition coefficient (Wildman–Crippen LogP) is 2.86. The van der Waals surface area contributed by atoms with Gasteiger partial charge in [0.05, 0.1) is 12.8 Å². The summed E-state index contributed by atoms with van der Waals surface area (Å²) in [6.45, 7) is 3.73. The summed E-state index contributed by atoms with van der Waals surface area (Å²) in [6.07, 6.45) is 3.78. The van der Waals surface area contributed by atoms with Crippen LogP contribution in [-0.2, 0) is 14.9 Å². The van der Waals surface area contributed by atoms with E-state index in [-0.39, 0.29) is 5.97 Å². The van der Waals surface area contributed by atoms with Crippen LogP contribution in [0.5, 0.6) is 0 Å². The van der Waals surface area contributed by atoms with Gasteiger partial charge < -0.3 is 4.74 Å². The lowest BCUT2D eigenvalue weighted by atomic mass is 9.83. The van der Waals surface area contributed by atoms with Crippen LogP contribution in [0.15, 0.2) is 5.38 Å². The van der Waals surface area contributed by atoms with Crippen LogP contribution >= 0.6 is 11.3 Å². The number of rotatable bonds is 3. The normalized spacial score (nSPS) is 16.9. The molecule has 0 saturated heterocycles. The molecular formula is C12H17NO2S. The first kappa shape index (κ1) is 11.6. The minimum atomic E-state index is -0.624. The van der Waals surface area contributed by atoms with Crippen molar-refractivity contribution in [1.29, 1.82) is 0 Å². The summed E-state index contributed by atoms with van der Waals surface area (Å²) in [4.78, 5) is 16.2. The Morgan fingerprint density at radius 1 is 1.56 bits per heavy atom. The molecule has 0 aromatic carbocycles. The number of thiazole rings is 1. The molecule has 4 heteroatoms. The average Bonchev–Trinajstić information content (AvgIpc) is 2.63. The highest BCUT2D eigenvalue weighted by atomic mass is 32.1. The van der Waals surface area contributed by atoms with Crippen LogP contribution in [0.3, 0.4) is 0 Å². The van der Waals surface area contributed by atoms with E-state index in [9.17, 15) is 4.79 Å². The largest absolute Gasteiger partial charge is 0.468 e. The molecular weight excluding hydrogens is 222 g/mol. The van der Waals surface area contributed by atoms with Crippen molar-refractivity contribution in [2.75, 3.05) is 7.11 Å². The number of carbonyl (C=O) groups excluding carboxylic acids is 1. The van der Waals surface area contributed by atoms with Crippen molar-refractivity contribution < 1.29 is 9.53 Å². The molecule has 88 valence electrons. The lowest BCUT2D eigenvalue weighted by Crippen LogP contribution is -2.30. The number of esters is 1. The van der Waals surface area contributed by atoms with E-state index in [1.165, 1.54) is 26.4 Å². The fourth-order valence-corrected chi connectivity index (χ4v) is 2.82. The molecule has 16 heavy (non-hydrogen) atoms. The van der Waals surface area contributed by atoms with Gasteiger partial charge >= 0.3 is 5.97 Å². The summed E-state index contributed by atoms with van der Waals surface area (Å²) in [5, 5.41) is 2.95. The smallest absolute Gasteiger partial charge is 0.318 e. The van der Waals surface area contributed by atoms with Crippen LogP contribution < -0.4 is 0 Å². The fraction of sp³-hybridized carbons (Fsp3) is 0.667. The summed E-state index contributed by atoms with van der Waals surface area (Å²) in [5.41, 5.74) is 0.532. The van der Waals surface area contributed by atoms with E-state index in [1.54, 1.807) is 11.3 Å². The molecule has 0 unspecified atom stereocenters. The Morgan fingerprint density at radius 3 is 2.75 bits per heavy atom. The van der Waals surface area contributed by atoms with Crippen molar-refractivity contribution in [2.45, 2.75) is 44.4 Å². The van der Waals surface area contributed by atoms with Crippen molar-refractivity contribution in [3.8, 4) is 0 Å². The summed E-state index contributed by atoms with van der Waals surface area (Å²) >= 11 is 1.57. The Kier molecular flexibility index (Phi) is 3.02. The van der Waals surface area contributed by atoms with E-state index in [0.29, 0.717) is 5.92 Å². The van der Waals surface area contributed by atoms with Gasteiger partial charge in [0, 0.05) is 11.3 Å². The molecule has 0 aliphatic heterocycles. The van der Waals surface area contributed by atoms with E-state index >= 15 is 0 Å². The molecule has 1 heterocycles. The van der Waals surface area contributed by atoms with Gasteiger partial charge in [-0.05, 0) is 26.7 Å². The molecule has 2 rings (SSSR count). The number of hydrogen-bond donors (Lipinski definition) is 0. The third-order valence-corrected chi connectivity index (χ3v) is 4.46. The highest BCUT2D eigenvalue weighted by Gasteiger charge is 2.35. The van der Waals surface area contributed by atoms with Crippen molar-refractivity contribution >= 4 is 17.3 Å². The number of methoxy groups -OCH3 is 1. The van der Waals surface area contributed by atoms with E-state index in [1.807, 2.05) is 13.8 Å². The molecule has 1 aliphatic rings. The average molecular weight is 239 g/mol. The predicted molar refractivity (Wildman–Crippen MR) is 63.7 cm³/mol. The number of ether oxygens (including phenoxy) is 1. The Balaban J connectivity index is 2.20. The molecule has 1 saturated carbocycles. The second-order valence-electron chi connectivity index (χ2n) is 4.82. The quantitative estimate of drug-likeness (QED) is 0.761. The van der Waals surface area contributed by atoms with Gasteiger partial charge in [-0.3, -0.25) is 4.79 Å². The SMILES string of the molecule is COC(=O)C(C)(C)c1nc(C2CCC2)cs1. The topological polar surface area (TPSA) is 39.2 Å². The van der Waals surface area contributed by atoms with Crippen LogP contribution in [0.2, 0.25) is 0 Å². The lowest BCUT2D eigenvalue weighted by Gasteiger charge is -2.23. The first-order valence-electron chi connectivity index (χ1n) is 5.60. The number of aromatic nitrogens is 1. The number of carbonyl (C=O) groups is 1. The zero-order valence-electron chi connectivity index (χ0n) is 9.95. The standard InChI is InChI=1S/C12H17NO2S/c1-12(2,11(14)15-3)10-13-9(7-16-10)8-5-4-6-8/h7-8H,4-6H2,1-3H3. The summed E-state index contributed by atoms with van der Waals surface area (Å²) in [5.74, 6) is 0.403. The second-order valence-corrected chi connectivity index (χ2v) is 5.68. The van der Waals surface area contributed by atoms with E-state index in [4.69, 9.17) is 4.74 Å². The van der Waals surface area contributed by atoms with Gasteiger partial charge in [0.15, 0.2) is 0 Å². The van der Waals surface area contributed by atoms with Gasteiger partial charge in [0.25, 0.3) is 0 Å². The van der Waals surface area contributed by atoms with Gasteiger partial charge in [0.2, 0.25) is 0 Å². The zero-order chi connectivity index (χ0) is 11.8. The molecule has 0 radical (unpaired) electrons. The highest BCUT2D eigenvalue weighted by Crippen LogP contribution is 2.38. The number of hydrogen-bond acceptors (Lipinski definition) is 4. The molecule has 1 aromatic rings. The van der Waals surface area contributed by atoms with Crippen LogP contribution in [0.4, 0.5) is 0 Å². The third-order valence-electron chi connectivity index (χ3n) is 3.28. The molecule has 0 amide bonds. The zero-order valence-corrected chi connectivity index (χ0v) is 10.8. The van der Waals surface area contributed by atoms with Crippen LogP contribution in [-0.4, -0.2) is 18.1 Å². The summed E-state index contributed by atoms with van der Waals surface area (Å²) < 4.78 is 4.81.